The molecular weight excluding hydrogens is 627 g/mol. The molecule has 2 N–H and O–H groups in total. The quantitative estimate of drug-likeness (QED) is 0.140. The lowest BCUT2D eigenvalue weighted by Crippen LogP contribution is -2.34. The summed E-state index contributed by atoms with van der Waals surface area (Å²) >= 11 is 0. The molecule has 0 spiro atoms. The zero-order valence-corrected chi connectivity index (χ0v) is 27.6. The molecule has 3 aromatic carbocycles. The Kier molecular flexibility index (Phi) is 11.3. The second kappa shape index (κ2) is 15.4. The average Bonchev–Trinajstić information content (AvgIpc) is 3.83. The number of carbonyl (C=O) groups excluding carboxylic acids is 1. The van der Waals surface area contributed by atoms with Gasteiger partial charge in [-0.25, -0.2) is 12.8 Å². The van der Waals surface area contributed by atoms with Gasteiger partial charge in [0.1, 0.15) is 17.2 Å². The van der Waals surface area contributed by atoms with E-state index in [4.69, 9.17) is 18.6 Å². The van der Waals surface area contributed by atoms with E-state index in [1.54, 1.807) is 25.1 Å². The number of aliphatic hydroxyl groups excluding tert-OH is 1. The Bertz CT molecular complexity index is 1770. The summed E-state index contributed by atoms with van der Waals surface area (Å²) in [6, 6.07) is 16.8. The van der Waals surface area contributed by atoms with Gasteiger partial charge in [-0.2, -0.15) is 0 Å². The first-order chi connectivity index (χ1) is 22.6. The number of nitrogens with zero attached hydrogens (tertiary/aromatic N) is 1. The van der Waals surface area contributed by atoms with E-state index in [2.05, 4.69) is 5.32 Å². The van der Waals surface area contributed by atoms with E-state index in [0.717, 1.165) is 35.8 Å². The van der Waals surface area contributed by atoms with Gasteiger partial charge in [0.05, 0.1) is 69.8 Å². The molecule has 0 aliphatic heterocycles. The summed E-state index contributed by atoms with van der Waals surface area (Å²) in [6.45, 7) is 3.77. The number of furan rings is 1. The first-order valence-electron chi connectivity index (χ1n) is 15.6. The monoisotopic (exact) mass is 668 g/mol. The van der Waals surface area contributed by atoms with Crippen LogP contribution >= 0.6 is 0 Å². The Morgan fingerprint density at radius 2 is 1.64 bits per heavy atom. The molecule has 0 radical (unpaired) electrons. The van der Waals surface area contributed by atoms with Crippen molar-refractivity contribution < 1.29 is 41.3 Å². The Morgan fingerprint density at radius 3 is 2.23 bits per heavy atom. The van der Waals surface area contributed by atoms with Crippen molar-refractivity contribution in [3.8, 4) is 11.3 Å². The molecule has 1 unspecified atom stereocenters. The van der Waals surface area contributed by atoms with Crippen molar-refractivity contribution in [2.24, 2.45) is 0 Å². The van der Waals surface area contributed by atoms with E-state index >= 15 is 0 Å². The average molecular weight is 669 g/mol. The molecule has 10 nitrogen and oxygen atoms in total. The van der Waals surface area contributed by atoms with Gasteiger partial charge in [0, 0.05) is 24.1 Å². The second-order valence-corrected chi connectivity index (χ2v) is 13.5. The molecule has 1 atom stereocenters. The fourth-order valence-corrected chi connectivity index (χ4v) is 6.30. The van der Waals surface area contributed by atoms with Crippen LogP contribution in [0.4, 0.5) is 10.1 Å². The molecule has 1 aliphatic carbocycles. The maximum absolute atomic E-state index is 13.6. The van der Waals surface area contributed by atoms with Crippen molar-refractivity contribution in [2.45, 2.75) is 38.4 Å². The molecule has 1 heterocycles. The van der Waals surface area contributed by atoms with Crippen LogP contribution in [0.15, 0.2) is 65.1 Å². The third-order valence-electron chi connectivity index (χ3n) is 8.00. The minimum absolute atomic E-state index is 0.0782. The molecule has 1 fully saturated rings. The van der Waals surface area contributed by atoms with Crippen molar-refractivity contribution in [1.29, 1.82) is 0 Å². The number of rotatable bonds is 17. The third kappa shape index (κ3) is 8.76. The predicted molar refractivity (Wildman–Crippen MR) is 178 cm³/mol. The number of halogens is 1. The number of hydrogen-bond acceptors (Lipinski definition) is 8. The highest BCUT2D eigenvalue weighted by atomic mass is 32.2. The molecule has 0 bridgehead atoms. The number of hydrogen-bond donors (Lipinski definition) is 2. The van der Waals surface area contributed by atoms with Crippen LogP contribution < -0.4 is 9.62 Å². The third-order valence-corrected chi connectivity index (χ3v) is 9.18. The smallest absolute Gasteiger partial charge is 0.255 e. The van der Waals surface area contributed by atoms with E-state index < -0.39 is 21.9 Å². The van der Waals surface area contributed by atoms with E-state index in [0.29, 0.717) is 54.2 Å². The van der Waals surface area contributed by atoms with E-state index in [1.807, 2.05) is 30.3 Å². The number of amides is 1. The fraction of sp³-hybridized carbons (Fsp3) is 0.400. The molecule has 252 valence electrons. The van der Waals surface area contributed by atoms with Gasteiger partial charge in [0.2, 0.25) is 10.0 Å². The highest BCUT2D eigenvalue weighted by molar-refractivity contribution is 7.92. The van der Waals surface area contributed by atoms with Gasteiger partial charge in [-0.05, 0) is 72.7 Å². The van der Waals surface area contributed by atoms with Gasteiger partial charge in [-0.15, -0.1) is 0 Å². The molecule has 1 amide bonds. The summed E-state index contributed by atoms with van der Waals surface area (Å²) in [7, 11) is -2.18. The van der Waals surface area contributed by atoms with Gasteiger partial charge in [0.15, 0.2) is 0 Å². The van der Waals surface area contributed by atoms with Crippen LogP contribution in [0.3, 0.4) is 0 Å². The lowest BCUT2D eigenvalue weighted by Gasteiger charge is -2.25. The molecule has 1 aliphatic rings. The second-order valence-electron chi connectivity index (χ2n) is 11.6. The number of anilines is 1. The zero-order valence-electron chi connectivity index (χ0n) is 26.8. The van der Waals surface area contributed by atoms with E-state index in [1.165, 1.54) is 23.5 Å². The zero-order chi connectivity index (χ0) is 33.6. The summed E-state index contributed by atoms with van der Waals surface area (Å²) in [5.41, 5.74) is 4.36. The number of carbonyl (C=O) groups is 1. The summed E-state index contributed by atoms with van der Waals surface area (Å²) in [5, 5.41) is 12.8. The van der Waals surface area contributed by atoms with Gasteiger partial charge in [-0.1, -0.05) is 24.3 Å². The molecule has 5 rings (SSSR count). The Balaban J connectivity index is 1.20. The molecular formula is C35H41FN2O8S. The lowest BCUT2D eigenvalue weighted by molar-refractivity contribution is 0.0120. The Morgan fingerprint density at radius 1 is 1.00 bits per heavy atom. The van der Waals surface area contributed by atoms with Crippen LogP contribution in [0.25, 0.3) is 22.3 Å². The largest absolute Gasteiger partial charge is 0.455 e. The molecule has 1 saturated carbocycles. The van der Waals surface area contributed by atoms with Crippen molar-refractivity contribution in [2.75, 3.05) is 57.2 Å². The fourth-order valence-electron chi connectivity index (χ4n) is 5.38. The van der Waals surface area contributed by atoms with E-state index in [9.17, 15) is 22.7 Å². The van der Waals surface area contributed by atoms with Gasteiger partial charge < -0.3 is 29.1 Å². The number of benzene rings is 3. The van der Waals surface area contributed by atoms with Crippen LogP contribution in [0.5, 0.6) is 0 Å². The van der Waals surface area contributed by atoms with Crippen molar-refractivity contribution in [1.82, 2.24) is 5.32 Å². The van der Waals surface area contributed by atoms with Gasteiger partial charge in [-0.3, -0.25) is 9.10 Å². The summed E-state index contributed by atoms with van der Waals surface area (Å²) in [6.07, 6.45) is 2.46. The molecule has 12 heteroatoms. The van der Waals surface area contributed by atoms with Crippen LogP contribution in [0, 0.1) is 5.82 Å². The maximum Gasteiger partial charge on any atom is 0.255 e. The Labute approximate surface area is 274 Å². The lowest BCUT2D eigenvalue weighted by atomic mass is 10.0. The maximum atomic E-state index is 13.6. The van der Waals surface area contributed by atoms with Gasteiger partial charge in [0.25, 0.3) is 5.91 Å². The first kappa shape index (κ1) is 34.5. The van der Waals surface area contributed by atoms with Crippen LogP contribution in [0.2, 0.25) is 0 Å². The van der Waals surface area contributed by atoms with Gasteiger partial charge >= 0.3 is 0 Å². The first-order valence-corrected chi connectivity index (χ1v) is 17.5. The summed E-state index contributed by atoms with van der Waals surface area (Å²) in [5.74, 6) is -0.337. The molecule has 4 aromatic rings. The van der Waals surface area contributed by atoms with Crippen molar-refractivity contribution in [3.63, 3.8) is 0 Å². The normalized spacial score (nSPS) is 14.0. The van der Waals surface area contributed by atoms with Crippen LogP contribution in [0.1, 0.15) is 58.8 Å². The Hall–Kier alpha value is -3.81. The predicted octanol–water partition coefficient (Wildman–Crippen LogP) is 5.55. The number of ether oxygens (including phenoxy) is 3. The van der Waals surface area contributed by atoms with Crippen molar-refractivity contribution >= 4 is 32.6 Å². The summed E-state index contributed by atoms with van der Waals surface area (Å²) in [4.78, 5) is 13.0. The number of nitrogens with one attached hydrogen (secondary N) is 1. The van der Waals surface area contributed by atoms with Crippen molar-refractivity contribution in [3.05, 3.63) is 88.7 Å². The number of fused-ring (bicyclic) bond motifs is 1. The minimum Gasteiger partial charge on any atom is -0.455 e. The highest BCUT2D eigenvalue weighted by Gasteiger charge is 2.33. The van der Waals surface area contributed by atoms with Crippen LogP contribution in [-0.4, -0.2) is 72.3 Å². The summed E-state index contributed by atoms with van der Waals surface area (Å²) < 4.78 is 64.2. The standard InChI is InChI=1S/C35H41FN2O8S/c1-23(39)25-6-4-24(5-7-25)22-45-19-18-44-17-16-43-15-14-38(47(3,41)42)31-21-32-30(20-29(31)26-8-9-26)33(35(40)37-2)34(46-32)27-10-12-28(36)13-11-27/h4-7,10-13,20-21,23,26,39H,8-9,14-19,22H2,1-3H3,(H,37,40). The SMILES string of the molecule is CNC(=O)c1c(-c2ccc(F)cc2)oc2cc(N(CCOCCOCCOCc3ccc(C(C)O)cc3)S(C)(=O)=O)c(C3CC3)cc12. The molecule has 1 aromatic heterocycles. The number of sulfonamides is 1. The molecule has 0 saturated heterocycles. The molecule has 47 heavy (non-hydrogen) atoms. The minimum atomic E-state index is -3.70. The number of aliphatic hydroxyl groups is 1. The topological polar surface area (TPSA) is 128 Å². The highest BCUT2D eigenvalue weighted by Crippen LogP contribution is 2.48. The van der Waals surface area contributed by atoms with E-state index in [-0.39, 0.29) is 37.3 Å². The van der Waals surface area contributed by atoms with Crippen LogP contribution in [-0.2, 0) is 30.8 Å².